The predicted octanol–water partition coefficient (Wildman–Crippen LogP) is 5.42. The minimum atomic E-state index is -0.567. The summed E-state index contributed by atoms with van der Waals surface area (Å²) < 4.78 is 0. The van der Waals surface area contributed by atoms with Crippen molar-refractivity contribution in [3.63, 3.8) is 0 Å². The number of likely N-dealkylation sites (N-methyl/N-ethyl adjacent to an activating group) is 1. The molecule has 0 heterocycles. The van der Waals surface area contributed by atoms with E-state index < -0.39 is 6.04 Å². The molecule has 0 aliphatic rings. The average Bonchev–Trinajstić information content (AvgIpc) is 2.71. The van der Waals surface area contributed by atoms with E-state index in [4.69, 9.17) is 23.2 Å². The maximum absolute atomic E-state index is 12.9. The van der Waals surface area contributed by atoms with Gasteiger partial charge in [-0.25, -0.2) is 0 Å². The Bertz CT molecular complexity index is 815. The van der Waals surface area contributed by atoms with Crippen LogP contribution < -0.4 is 5.32 Å². The Labute approximate surface area is 187 Å². The molecule has 2 aromatic carbocycles. The van der Waals surface area contributed by atoms with Crippen molar-refractivity contribution in [2.24, 2.45) is 0 Å². The minimum Gasteiger partial charge on any atom is -0.355 e. The summed E-state index contributed by atoms with van der Waals surface area (Å²) >= 11 is 13.9. The molecular formula is C22H26Cl2N2O2S. The van der Waals surface area contributed by atoms with E-state index in [1.54, 1.807) is 29.7 Å². The molecule has 29 heavy (non-hydrogen) atoms. The monoisotopic (exact) mass is 452 g/mol. The predicted molar refractivity (Wildman–Crippen MR) is 122 cm³/mol. The molecule has 0 aliphatic carbocycles. The van der Waals surface area contributed by atoms with Crippen LogP contribution in [0.15, 0.2) is 53.4 Å². The van der Waals surface area contributed by atoms with E-state index in [0.29, 0.717) is 36.0 Å². The lowest BCUT2D eigenvalue weighted by molar-refractivity contribution is -0.140. The maximum atomic E-state index is 12.9. The van der Waals surface area contributed by atoms with Crippen LogP contribution >= 0.6 is 35.0 Å². The van der Waals surface area contributed by atoms with Gasteiger partial charge in [-0.2, -0.15) is 0 Å². The number of rotatable bonds is 10. The van der Waals surface area contributed by atoms with Gasteiger partial charge < -0.3 is 10.2 Å². The van der Waals surface area contributed by atoms with Gasteiger partial charge in [0.2, 0.25) is 11.8 Å². The average molecular weight is 453 g/mol. The van der Waals surface area contributed by atoms with Crippen molar-refractivity contribution >= 4 is 46.8 Å². The summed E-state index contributed by atoms with van der Waals surface area (Å²) in [6.45, 7) is 4.44. The summed E-state index contributed by atoms with van der Waals surface area (Å²) in [7, 11) is 0. The van der Waals surface area contributed by atoms with E-state index in [1.807, 2.05) is 49.4 Å². The Morgan fingerprint density at radius 1 is 1.10 bits per heavy atom. The number of benzene rings is 2. The van der Waals surface area contributed by atoms with Crippen LogP contribution in [0, 0.1) is 0 Å². The lowest BCUT2D eigenvalue weighted by atomic mass is 10.1. The molecule has 2 rings (SSSR count). The van der Waals surface area contributed by atoms with Crippen LogP contribution in [0.5, 0.6) is 0 Å². The Balaban J connectivity index is 1.98. The fraction of sp³-hybridized carbons (Fsp3) is 0.364. The second kappa shape index (κ2) is 12.1. The highest BCUT2D eigenvalue weighted by atomic mass is 35.5. The highest BCUT2D eigenvalue weighted by Crippen LogP contribution is 2.23. The summed E-state index contributed by atoms with van der Waals surface area (Å²) in [5, 5.41) is 4.09. The highest BCUT2D eigenvalue weighted by Gasteiger charge is 2.25. The topological polar surface area (TPSA) is 49.4 Å². The summed E-state index contributed by atoms with van der Waals surface area (Å²) in [6.07, 6.45) is 1.09. The molecule has 0 saturated carbocycles. The molecule has 0 radical (unpaired) electrons. The second-order valence-electron chi connectivity index (χ2n) is 6.59. The lowest BCUT2D eigenvalue weighted by Crippen LogP contribution is -2.47. The largest absolute Gasteiger partial charge is 0.355 e. The van der Waals surface area contributed by atoms with Crippen molar-refractivity contribution in [3.8, 4) is 0 Å². The molecular weight excluding hydrogens is 427 g/mol. The fourth-order valence-corrected chi connectivity index (χ4v) is 3.98. The van der Waals surface area contributed by atoms with Crippen LogP contribution in [-0.4, -0.2) is 35.1 Å². The van der Waals surface area contributed by atoms with Crippen molar-refractivity contribution in [2.75, 3.05) is 12.3 Å². The Hall–Kier alpha value is -1.69. The van der Waals surface area contributed by atoms with Crippen LogP contribution in [0.3, 0.4) is 0 Å². The summed E-state index contributed by atoms with van der Waals surface area (Å²) in [5.41, 5.74) is 0.828. The van der Waals surface area contributed by atoms with Gasteiger partial charge in [-0.15, -0.1) is 11.8 Å². The molecule has 156 valence electrons. The molecule has 2 amide bonds. The van der Waals surface area contributed by atoms with E-state index >= 15 is 0 Å². The first-order valence-electron chi connectivity index (χ1n) is 9.61. The number of carbonyl (C=O) groups excluding carboxylic acids is 2. The number of hydrogen-bond acceptors (Lipinski definition) is 3. The third-order valence-corrected chi connectivity index (χ3v) is 6.15. The molecule has 0 bridgehead atoms. The molecule has 1 atom stereocenters. The van der Waals surface area contributed by atoms with E-state index in [-0.39, 0.29) is 11.8 Å². The summed E-state index contributed by atoms with van der Waals surface area (Å²) in [6, 6.07) is 14.5. The highest BCUT2D eigenvalue weighted by molar-refractivity contribution is 7.99. The van der Waals surface area contributed by atoms with Crippen LogP contribution in [0.25, 0.3) is 0 Å². The number of thioether (sulfide) groups is 1. The van der Waals surface area contributed by atoms with E-state index in [2.05, 4.69) is 5.32 Å². The molecule has 7 heteroatoms. The number of hydrogen-bond donors (Lipinski definition) is 1. The molecule has 0 fully saturated rings. The van der Waals surface area contributed by atoms with Crippen molar-refractivity contribution in [2.45, 2.75) is 44.2 Å². The number of amides is 2. The van der Waals surface area contributed by atoms with Gasteiger partial charge in [0.05, 0.1) is 0 Å². The number of halogens is 2. The zero-order valence-corrected chi connectivity index (χ0v) is 19.0. The smallest absolute Gasteiger partial charge is 0.242 e. The first-order chi connectivity index (χ1) is 13.9. The van der Waals surface area contributed by atoms with Crippen molar-refractivity contribution < 1.29 is 9.59 Å². The minimum absolute atomic E-state index is 0.0552. The quantitative estimate of drug-likeness (QED) is 0.386. The van der Waals surface area contributed by atoms with E-state index in [9.17, 15) is 9.59 Å². The molecule has 0 spiro atoms. The van der Waals surface area contributed by atoms with Gasteiger partial charge in [0.1, 0.15) is 6.04 Å². The van der Waals surface area contributed by atoms with Crippen LogP contribution in [0.2, 0.25) is 10.0 Å². The molecule has 2 aromatic rings. The third kappa shape index (κ3) is 7.57. The van der Waals surface area contributed by atoms with Gasteiger partial charge in [-0.1, -0.05) is 41.4 Å². The molecule has 1 N–H and O–H groups in total. The molecule has 0 saturated heterocycles. The standard InChI is InChI=1S/C22H26Cl2N2O2S/c1-3-25-22(28)16(2)26(15-17-7-4-5-8-20(17)24)21(27)9-6-14-29-19-12-10-18(23)11-13-19/h4-5,7-8,10-13,16H,3,6,9,14-15H2,1-2H3,(H,25,28)/t16-/m0/s1. The fourth-order valence-electron chi connectivity index (χ4n) is 2.80. The Morgan fingerprint density at radius 3 is 2.45 bits per heavy atom. The Kier molecular flexibility index (Phi) is 9.85. The number of nitrogens with zero attached hydrogens (tertiary/aromatic N) is 1. The van der Waals surface area contributed by atoms with Crippen LogP contribution in [0.4, 0.5) is 0 Å². The van der Waals surface area contributed by atoms with Crippen LogP contribution in [0.1, 0.15) is 32.3 Å². The summed E-state index contributed by atoms with van der Waals surface area (Å²) in [5.74, 6) is 0.590. The molecule has 0 aliphatic heterocycles. The van der Waals surface area contributed by atoms with Gasteiger partial charge in [0, 0.05) is 34.5 Å². The molecule has 4 nitrogen and oxygen atoms in total. The first-order valence-corrected chi connectivity index (χ1v) is 11.4. The SMILES string of the molecule is CCNC(=O)[C@H](C)N(Cc1ccccc1Cl)C(=O)CCCSc1ccc(Cl)cc1. The van der Waals surface area contributed by atoms with E-state index in [0.717, 1.165) is 16.2 Å². The lowest BCUT2D eigenvalue weighted by Gasteiger charge is -2.29. The van der Waals surface area contributed by atoms with Crippen molar-refractivity contribution in [1.82, 2.24) is 10.2 Å². The van der Waals surface area contributed by atoms with Gasteiger partial charge >= 0.3 is 0 Å². The Morgan fingerprint density at radius 2 is 1.79 bits per heavy atom. The van der Waals surface area contributed by atoms with Gasteiger partial charge in [-0.05, 0) is 61.9 Å². The molecule has 0 aromatic heterocycles. The molecule has 0 unspecified atom stereocenters. The first kappa shape index (κ1) is 23.6. The normalized spacial score (nSPS) is 11.7. The van der Waals surface area contributed by atoms with Crippen LogP contribution in [-0.2, 0) is 16.1 Å². The zero-order chi connectivity index (χ0) is 21.2. The third-order valence-electron chi connectivity index (χ3n) is 4.43. The zero-order valence-electron chi connectivity index (χ0n) is 16.7. The number of nitrogens with one attached hydrogen (secondary N) is 1. The van der Waals surface area contributed by atoms with Crippen molar-refractivity contribution in [3.05, 3.63) is 64.1 Å². The van der Waals surface area contributed by atoms with Gasteiger partial charge in [-0.3, -0.25) is 9.59 Å². The van der Waals surface area contributed by atoms with Gasteiger partial charge in [0.15, 0.2) is 0 Å². The summed E-state index contributed by atoms with van der Waals surface area (Å²) in [4.78, 5) is 28.0. The van der Waals surface area contributed by atoms with Crippen molar-refractivity contribution in [1.29, 1.82) is 0 Å². The van der Waals surface area contributed by atoms with E-state index in [1.165, 1.54) is 0 Å². The van der Waals surface area contributed by atoms with Gasteiger partial charge in [0.25, 0.3) is 0 Å². The number of carbonyl (C=O) groups is 2. The second-order valence-corrected chi connectivity index (χ2v) is 8.60. The maximum Gasteiger partial charge on any atom is 0.242 e.